The summed E-state index contributed by atoms with van der Waals surface area (Å²) in [4.78, 5) is 2.60. The summed E-state index contributed by atoms with van der Waals surface area (Å²) >= 11 is 4.26. The second-order valence-electron chi connectivity index (χ2n) is 10.6. The minimum absolute atomic E-state index is 0.0362. The molecule has 0 atom stereocenters. The van der Waals surface area contributed by atoms with Gasteiger partial charge in [-0.3, -0.25) is 0 Å². The first-order chi connectivity index (χ1) is 18.6. The molecule has 3 rings (SSSR count). The molecule has 0 unspecified atom stereocenters. The Labute approximate surface area is 236 Å². The molecule has 1 heterocycles. The van der Waals surface area contributed by atoms with Gasteiger partial charge in [0.15, 0.2) is 0 Å². The molecule has 0 saturated heterocycles. The van der Waals surface area contributed by atoms with Crippen LogP contribution in [0.1, 0.15) is 88.1 Å². The number of benzene rings is 1. The minimum atomic E-state index is -0.0362. The number of aryl methyl sites for hydroxylation is 2. The van der Waals surface area contributed by atoms with Gasteiger partial charge < -0.3 is 10.2 Å². The van der Waals surface area contributed by atoms with Crippen molar-refractivity contribution in [1.29, 1.82) is 0 Å². The average molecular weight is 541 g/mol. The molecule has 0 amide bonds. The Hall–Kier alpha value is -1.89. The molecule has 4 nitrogen and oxygen atoms in total. The number of hydrogen-bond acceptors (Lipinski definition) is 4. The van der Waals surface area contributed by atoms with Crippen molar-refractivity contribution >= 4 is 18.2 Å². The topological polar surface area (TPSA) is 33.1 Å². The lowest BCUT2D eigenvalue weighted by Crippen LogP contribution is -2.34. The number of allylic oxidation sites excluding steroid dienone is 4. The van der Waals surface area contributed by atoms with Crippen molar-refractivity contribution in [3.05, 3.63) is 65.3 Å². The molecule has 2 aromatic rings. The van der Waals surface area contributed by atoms with Crippen molar-refractivity contribution in [3.63, 3.8) is 0 Å². The molecule has 0 saturated carbocycles. The van der Waals surface area contributed by atoms with Gasteiger partial charge in [-0.25, -0.2) is 9.07 Å². The summed E-state index contributed by atoms with van der Waals surface area (Å²) < 4.78 is 15.7. The van der Waals surface area contributed by atoms with Gasteiger partial charge in [-0.15, -0.1) is 0 Å². The van der Waals surface area contributed by atoms with E-state index >= 15 is 0 Å². The van der Waals surface area contributed by atoms with Gasteiger partial charge in [0.1, 0.15) is 5.83 Å². The number of hydrogen-bond donors (Lipinski definition) is 2. The van der Waals surface area contributed by atoms with E-state index < -0.39 is 0 Å². The van der Waals surface area contributed by atoms with E-state index in [0.29, 0.717) is 6.42 Å². The Bertz CT molecular complexity index is 995. The zero-order valence-electron chi connectivity index (χ0n) is 23.7. The molecule has 1 aromatic heterocycles. The summed E-state index contributed by atoms with van der Waals surface area (Å²) in [6.07, 6.45) is 16.0. The third kappa shape index (κ3) is 10.7. The van der Waals surface area contributed by atoms with Gasteiger partial charge in [0.25, 0.3) is 0 Å². The van der Waals surface area contributed by atoms with Crippen molar-refractivity contribution in [3.8, 4) is 5.69 Å². The van der Waals surface area contributed by atoms with Crippen LogP contribution in [-0.2, 0) is 6.42 Å². The third-order valence-corrected chi connectivity index (χ3v) is 7.53. The molecule has 38 heavy (non-hydrogen) atoms. The number of aromatic nitrogens is 2. The first-order valence-electron chi connectivity index (χ1n) is 14.9. The minimum Gasteiger partial charge on any atom is -0.315 e. The average Bonchev–Trinajstić information content (AvgIpc) is 3.35. The quantitative estimate of drug-likeness (QED) is 0.141. The number of thiol groups is 1. The molecule has 0 aliphatic heterocycles. The fourth-order valence-corrected chi connectivity index (χ4v) is 5.27. The van der Waals surface area contributed by atoms with Crippen LogP contribution in [0.2, 0.25) is 0 Å². The first-order valence-corrected chi connectivity index (χ1v) is 15.5. The van der Waals surface area contributed by atoms with E-state index in [2.05, 4.69) is 71.7 Å². The molecule has 6 heteroatoms. The Balaban J connectivity index is 1.39. The number of halogens is 1. The molecule has 1 aromatic carbocycles. The number of rotatable bonds is 19. The molecule has 1 N–H and O–H groups in total. The van der Waals surface area contributed by atoms with Crippen LogP contribution in [-0.4, -0.2) is 53.2 Å². The fourth-order valence-electron chi connectivity index (χ4n) is 5.11. The van der Waals surface area contributed by atoms with E-state index in [0.717, 1.165) is 60.9 Å². The molecular weight excluding hydrogens is 491 g/mol. The highest BCUT2D eigenvalue weighted by molar-refractivity contribution is 7.80. The highest BCUT2D eigenvalue weighted by atomic mass is 32.1. The number of nitrogens with one attached hydrogen (secondary N) is 1. The summed E-state index contributed by atoms with van der Waals surface area (Å²) in [6.45, 7) is 10.0. The highest BCUT2D eigenvalue weighted by Crippen LogP contribution is 2.30. The van der Waals surface area contributed by atoms with Crippen LogP contribution in [0.3, 0.4) is 0 Å². The number of nitrogens with zero attached hydrogens (tertiary/aromatic N) is 3. The molecule has 1 aliphatic rings. The summed E-state index contributed by atoms with van der Waals surface area (Å²) in [5.41, 5.74) is 5.70. The van der Waals surface area contributed by atoms with E-state index in [9.17, 15) is 4.39 Å². The second-order valence-corrected chi connectivity index (χ2v) is 11.1. The van der Waals surface area contributed by atoms with Gasteiger partial charge in [-0.2, -0.15) is 17.7 Å². The maximum Gasteiger partial charge on any atom is 0.100 e. The Morgan fingerprint density at radius 1 is 0.921 bits per heavy atom. The molecule has 0 fully saturated rings. The zero-order chi connectivity index (χ0) is 27.0. The summed E-state index contributed by atoms with van der Waals surface area (Å²) in [5, 5.41) is 8.43. The van der Waals surface area contributed by atoms with Crippen molar-refractivity contribution in [2.24, 2.45) is 0 Å². The third-order valence-electron chi connectivity index (χ3n) is 7.31. The van der Waals surface area contributed by atoms with Crippen LogP contribution >= 0.6 is 12.6 Å². The van der Waals surface area contributed by atoms with E-state index in [1.54, 1.807) is 6.08 Å². The molecule has 0 spiro atoms. The van der Waals surface area contributed by atoms with E-state index in [1.165, 1.54) is 70.0 Å². The van der Waals surface area contributed by atoms with Crippen molar-refractivity contribution in [1.82, 2.24) is 20.0 Å². The van der Waals surface area contributed by atoms with Crippen LogP contribution in [0.15, 0.2) is 48.3 Å². The van der Waals surface area contributed by atoms with Crippen LogP contribution in [0.25, 0.3) is 11.3 Å². The highest BCUT2D eigenvalue weighted by Gasteiger charge is 2.16. The largest absolute Gasteiger partial charge is 0.315 e. The molecule has 1 aliphatic carbocycles. The first kappa shape index (κ1) is 30.6. The summed E-state index contributed by atoms with van der Waals surface area (Å²) in [6, 6.07) is 10.7. The Morgan fingerprint density at radius 2 is 1.66 bits per heavy atom. The van der Waals surface area contributed by atoms with E-state index in [-0.39, 0.29) is 5.83 Å². The lowest BCUT2D eigenvalue weighted by atomic mass is 10.0. The van der Waals surface area contributed by atoms with Gasteiger partial charge in [0.05, 0.1) is 17.1 Å². The predicted molar refractivity (Wildman–Crippen MR) is 164 cm³/mol. The monoisotopic (exact) mass is 540 g/mol. The second kappa shape index (κ2) is 17.6. The van der Waals surface area contributed by atoms with Gasteiger partial charge in [0.2, 0.25) is 0 Å². The van der Waals surface area contributed by atoms with Gasteiger partial charge in [-0.05, 0) is 82.0 Å². The van der Waals surface area contributed by atoms with Crippen LogP contribution < -0.4 is 5.32 Å². The normalized spacial score (nSPS) is 13.7. The lowest BCUT2D eigenvalue weighted by Gasteiger charge is -2.21. The van der Waals surface area contributed by atoms with Crippen LogP contribution in [0, 0.1) is 6.92 Å². The fraction of sp³-hybridized carbons (Fsp3) is 0.594. The number of unbranched alkanes of at least 4 members (excludes halogenated alkanes) is 6. The van der Waals surface area contributed by atoms with Crippen molar-refractivity contribution in [2.75, 3.05) is 38.5 Å². The van der Waals surface area contributed by atoms with E-state index in [4.69, 9.17) is 5.10 Å². The standard InChI is InChI=1S/C32H49FN4S/c1-3-22-36(24-20-34-21-25-38)23-10-8-6-4-5-7-9-11-30-26-32(28-14-16-29(33)17-15-28)37(35-30)31-18-12-27(2)13-19-31/h12-14,16,18-19,26,34,38H,3-11,15,17,20-25H2,1-2H3. The van der Waals surface area contributed by atoms with Crippen molar-refractivity contribution in [2.45, 2.75) is 84.5 Å². The smallest absolute Gasteiger partial charge is 0.100 e. The summed E-state index contributed by atoms with van der Waals surface area (Å²) in [7, 11) is 0. The van der Waals surface area contributed by atoms with Gasteiger partial charge >= 0.3 is 0 Å². The zero-order valence-corrected chi connectivity index (χ0v) is 24.6. The SMILES string of the molecule is CCCN(CCCCCCCCCc1cc(C2=CC=C(F)CC2)n(-c2ccc(C)cc2)n1)CCNCCS. The maximum atomic E-state index is 13.6. The van der Waals surface area contributed by atoms with Crippen LogP contribution in [0.4, 0.5) is 4.39 Å². The van der Waals surface area contributed by atoms with E-state index in [1.807, 2.05) is 6.08 Å². The lowest BCUT2D eigenvalue weighted by molar-refractivity contribution is 0.267. The Kier molecular flexibility index (Phi) is 14.2. The molecular formula is C32H49FN4S. The van der Waals surface area contributed by atoms with Gasteiger partial charge in [-0.1, -0.05) is 62.8 Å². The van der Waals surface area contributed by atoms with Gasteiger partial charge in [0, 0.05) is 31.8 Å². The molecule has 210 valence electrons. The molecule has 0 radical (unpaired) electrons. The van der Waals surface area contributed by atoms with Crippen LogP contribution in [0.5, 0.6) is 0 Å². The Morgan fingerprint density at radius 3 is 2.34 bits per heavy atom. The van der Waals surface area contributed by atoms with Crippen molar-refractivity contribution < 1.29 is 4.39 Å². The molecule has 0 bridgehead atoms. The maximum absolute atomic E-state index is 13.6. The summed E-state index contributed by atoms with van der Waals surface area (Å²) in [5.74, 6) is 0.870. The predicted octanol–water partition coefficient (Wildman–Crippen LogP) is 7.72.